The Balaban J connectivity index is 3.25. The molecular formula is C15H25N3O4S. The Bertz CT molecular complexity index is 662. The summed E-state index contributed by atoms with van der Waals surface area (Å²) in [6, 6.07) is 4.38. The van der Waals surface area contributed by atoms with Gasteiger partial charge in [-0.25, -0.2) is 18.4 Å². The van der Waals surface area contributed by atoms with Crippen LogP contribution in [0, 0.1) is 0 Å². The molecule has 0 heterocycles. The van der Waals surface area contributed by atoms with Crippen LogP contribution in [0.5, 0.6) is 0 Å². The van der Waals surface area contributed by atoms with Gasteiger partial charge in [-0.3, -0.25) is 5.32 Å². The number of hydrogen-bond acceptors (Lipinski definition) is 5. The molecule has 0 saturated carbocycles. The van der Waals surface area contributed by atoms with Gasteiger partial charge in [-0.15, -0.1) is 0 Å². The van der Waals surface area contributed by atoms with Crippen LogP contribution in [0.15, 0.2) is 23.1 Å². The monoisotopic (exact) mass is 343 g/mol. The summed E-state index contributed by atoms with van der Waals surface area (Å²) in [6.45, 7) is 10.6. The summed E-state index contributed by atoms with van der Waals surface area (Å²) in [7, 11) is -3.86. The molecule has 3 N–H and O–H groups in total. The van der Waals surface area contributed by atoms with Crippen LogP contribution in [0.4, 0.5) is 16.2 Å². The predicted molar refractivity (Wildman–Crippen MR) is 91.2 cm³/mol. The Morgan fingerprint density at radius 2 is 1.83 bits per heavy atom. The molecule has 1 amide bonds. The van der Waals surface area contributed by atoms with Crippen molar-refractivity contribution in [1.82, 2.24) is 0 Å². The van der Waals surface area contributed by atoms with E-state index in [1.165, 1.54) is 12.1 Å². The zero-order chi connectivity index (χ0) is 17.8. The third-order valence-electron chi connectivity index (χ3n) is 3.04. The molecule has 0 unspecified atom stereocenters. The van der Waals surface area contributed by atoms with Crippen molar-refractivity contribution in [3.05, 3.63) is 18.2 Å². The van der Waals surface area contributed by atoms with E-state index in [1.54, 1.807) is 26.8 Å². The largest absolute Gasteiger partial charge is 0.444 e. The zero-order valence-corrected chi connectivity index (χ0v) is 15.0. The van der Waals surface area contributed by atoms with Gasteiger partial charge in [-0.2, -0.15) is 0 Å². The maximum Gasteiger partial charge on any atom is 0.412 e. The number of sulfonamides is 1. The Morgan fingerprint density at radius 1 is 1.26 bits per heavy atom. The minimum Gasteiger partial charge on any atom is -0.444 e. The number of primary sulfonamides is 1. The molecule has 0 aromatic heterocycles. The van der Waals surface area contributed by atoms with Crippen molar-refractivity contribution in [1.29, 1.82) is 0 Å². The van der Waals surface area contributed by atoms with E-state index in [0.29, 0.717) is 24.5 Å². The Labute approximate surface area is 137 Å². The summed E-state index contributed by atoms with van der Waals surface area (Å²) in [5.41, 5.74) is 0.388. The number of ether oxygens (including phenoxy) is 1. The van der Waals surface area contributed by atoms with Gasteiger partial charge < -0.3 is 9.64 Å². The van der Waals surface area contributed by atoms with Crippen molar-refractivity contribution < 1.29 is 17.9 Å². The van der Waals surface area contributed by atoms with E-state index in [0.717, 1.165) is 0 Å². The number of carbonyl (C=O) groups excluding carboxylic acids is 1. The highest BCUT2D eigenvalue weighted by atomic mass is 32.2. The smallest absolute Gasteiger partial charge is 0.412 e. The van der Waals surface area contributed by atoms with Crippen molar-refractivity contribution in [2.24, 2.45) is 5.14 Å². The number of nitrogens with two attached hydrogens (primary N) is 1. The zero-order valence-electron chi connectivity index (χ0n) is 14.2. The lowest BCUT2D eigenvalue weighted by Crippen LogP contribution is -2.29. The molecule has 0 atom stereocenters. The Hall–Kier alpha value is -1.80. The molecule has 1 aromatic carbocycles. The van der Waals surface area contributed by atoms with Crippen LogP contribution in [0.2, 0.25) is 0 Å². The minimum atomic E-state index is -3.86. The highest BCUT2D eigenvalue weighted by molar-refractivity contribution is 7.89. The van der Waals surface area contributed by atoms with Gasteiger partial charge in [-0.05, 0) is 52.8 Å². The summed E-state index contributed by atoms with van der Waals surface area (Å²) in [4.78, 5) is 13.9. The topological polar surface area (TPSA) is 102 Å². The van der Waals surface area contributed by atoms with E-state index < -0.39 is 21.7 Å². The lowest BCUT2D eigenvalue weighted by atomic mass is 10.2. The average Bonchev–Trinajstić information content (AvgIpc) is 2.38. The van der Waals surface area contributed by atoms with Crippen molar-refractivity contribution in [2.75, 3.05) is 23.3 Å². The second-order valence-electron chi connectivity index (χ2n) is 6.02. The fourth-order valence-electron chi connectivity index (χ4n) is 2.05. The molecule has 0 aliphatic carbocycles. The molecule has 0 radical (unpaired) electrons. The summed E-state index contributed by atoms with van der Waals surface area (Å²) < 4.78 is 28.3. The highest BCUT2D eigenvalue weighted by Crippen LogP contribution is 2.29. The molecule has 0 bridgehead atoms. The molecule has 7 nitrogen and oxygen atoms in total. The third-order valence-corrected chi connectivity index (χ3v) is 3.95. The first-order chi connectivity index (χ1) is 10.5. The first kappa shape index (κ1) is 19.2. The summed E-state index contributed by atoms with van der Waals surface area (Å²) >= 11 is 0. The van der Waals surface area contributed by atoms with Crippen molar-refractivity contribution in [3.63, 3.8) is 0 Å². The SMILES string of the molecule is CCN(CC)c1ccc(S(N)(=O)=O)cc1NC(=O)OC(C)(C)C. The van der Waals surface area contributed by atoms with Crippen molar-refractivity contribution in [3.8, 4) is 0 Å². The van der Waals surface area contributed by atoms with Gasteiger partial charge in [0.05, 0.1) is 16.3 Å². The third kappa shape index (κ3) is 5.72. The lowest BCUT2D eigenvalue weighted by Gasteiger charge is -2.25. The van der Waals surface area contributed by atoms with E-state index in [1.807, 2.05) is 18.7 Å². The summed E-state index contributed by atoms with van der Waals surface area (Å²) in [6.07, 6.45) is -0.655. The molecular weight excluding hydrogens is 318 g/mol. The number of rotatable bonds is 5. The highest BCUT2D eigenvalue weighted by Gasteiger charge is 2.20. The normalized spacial score (nSPS) is 11.9. The number of amides is 1. The van der Waals surface area contributed by atoms with Crippen LogP contribution in [0.1, 0.15) is 34.6 Å². The molecule has 1 aromatic rings. The van der Waals surface area contributed by atoms with E-state index in [-0.39, 0.29) is 4.90 Å². The van der Waals surface area contributed by atoms with Gasteiger partial charge in [0.2, 0.25) is 10.0 Å². The predicted octanol–water partition coefficient (Wildman–Crippen LogP) is 2.53. The first-order valence-corrected chi connectivity index (χ1v) is 8.94. The molecule has 130 valence electrons. The molecule has 1 rings (SSSR count). The van der Waals surface area contributed by atoms with Crippen molar-refractivity contribution >= 4 is 27.5 Å². The number of hydrogen-bond donors (Lipinski definition) is 2. The van der Waals surface area contributed by atoms with Crippen LogP contribution >= 0.6 is 0 Å². The fourth-order valence-corrected chi connectivity index (χ4v) is 2.59. The Kier molecular flexibility index (Phi) is 6.01. The molecule has 0 aliphatic rings. The minimum absolute atomic E-state index is 0.0699. The van der Waals surface area contributed by atoms with Crippen LogP contribution < -0.4 is 15.4 Å². The number of carbonyl (C=O) groups is 1. The van der Waals surface area contributed by atoms with Gasteiger partial charge in [0, 0.05) is 13.1 Å². The molecule has 0 spiro atoms. The van der Waals surface area contributed by atoms with E-state index >= 15 is 0 Å². The van der Waals surface area contributed by atoms with Crippen LogP contribution in [-0.2, 0) is 14.8 Å². The molecule has 0 fully saturated rings. The number of nitrogens with one attached hydrogen (secondary N) is 1. The molecule has 23 heavy (non-hydrogen) atoms. The second-order valence-corrected chi connectivity index (χ2v) is 7.58. The fraction of sp³-hybridized carbons (Fsp3) is 0.533. The number of anilines is 2. The average molecular weight is 343 g/mol. The summed E-state index contributed by atoms with van der Waals surface area (Å²) in [5, 5.41) is 7.77. The lowest BCUT2D eigenvalue weighted by molar-refractivity contribution is 0.0636. The number of benzene rings is 1. The summed E-state index contributed by atoms with van der Waals surface area (Å²) in [5.74, 6) is 0. The second kappa shape index (κ2) is 7.18. The quantitative estimate of drug-likeness (QED) is 0.855. The van der Waals surface area contributed by atoms with Gasteiger partial charge in [0.15, 0.2) is 0 Å². The van der Waals surface area contributed by atoms with Crippen LogP contribution in [0.3, 0.4) is 0 Å². The van der Waals surface area contributed by atoms with E-state index in [9.17, 15) is 13.2 Å². The van der Waals surface area contributed by atoms with Gasteiger partial charge in [0.25, 0.3) is 0 Å². The van der Waals surface area contributed by atoms with Crippen LogP contribution in [0.25, 0.3) is 0 Å². The van der Waals surface area contributed by atoms with Crippen LogP contribution in [-0.4, -0.2) is 33.2 Å². The maximum atomic E-state index is 12.0. The van der Waals surface area contributed by atoms with E-state index in [4.69, 9.17) is 9.88 Å². The molecule has 0 saturated heterocycles. The Morgan fingerprint density at radius 3 is 2.26 bits per heavy atom. The molecule has 8 heteroatoms. The van der Waals surface area contributed by atoms with Crippen molar-refractivity contribution in [2.45, 2.75) is 45.1 Å². The van der Waals surface area contributed by atoms with E-state index in [2.05, 4.69) is 5.32 Å². The molecule has 0 aliphatic heterocycles. The maximum absolute atomic E-state index is 12.0. The van der Waals surface area contributed by atoms with Gasteiger partial charge >= 0.3 is 6.09 Å². The standard InChI is InChI=1S/C15H25N3O4S/c1-6-18(7-2)13-9-8-11(23(16,20)21)10-12(13)17-14(19)22-15(3,4)5/h8-10H,6-7H2,1-5H3,(H,17,19)(H2,16,20,21). The number of nitrogens with zero attached hydrogens (tertiary/aromatic N) is 1. The first-order valence-electron chi connectivity index (χ1n) is 7.39. The van der Waals surface area contributed by atoms with Gasteiger partial charge in [-0.1, -0.05) is 0 Å². The van der Waals surface area contributed by atoms with Gasteiger partial charge in [0.1, 0.15) is 5.60 Å².